The number of nitrogens with zero attached hydrogens (tertiary/aromatic N) is 2. The maximum atomic E-state index is 13.3. The van der Waals surface area contributed by atoms with Crippen LogP contribution in [0.1, 0.15) is 33.1 Å². The van der Waals surface area contributed by atoms with Crippen LogP contribution in [0.15, 0.2) is 73.1 Å². The van der Waals surface area contributed by atoms with Gasteiger partial charge in [-0.1, -0.05) is 24.3 Å². The van der Waals surface area contributed by atoms with Gasteiger partial charge in [-0.3, -0.25) is 9.78 Å². The maximum Gasteiger partial charge on any atom is 0.254 e. The first kappa shape index (κ1) is 16.3. The molecule has 0 aliphatic carbocycles. The van der Waals surface area contributed by atoms with E-state index in [0.29, 0.717) is 12.1 Å². The minimum absolute atomic E-state index is 0.0315. The van der Waals surface area contributed by atoms with Gasteiger partial charge in [-0.2, -0.15) is 0 Å². The average molecular weight is 344 g/mol. The maximum absolute atomic E-state index is 13.3. The molecule has 2 heterocycles. The van der Waals surface area contributed by atoms with E-state index in [1.165, 1.54) is 11.1 Å². The molecular weight excluding hydrogens is 324 g/mol. The predicted octanol–water partition coefficient (Wildman–Crippen LogP) is 3.88. The molecule has 1 amide bonds. The van der Waals surface area contributed by atoms with Crippen LogP contribution in [0.3, 0.4) is 0 Å². The smallest absolute Gasteiger partial charge is 0.254 e. The van der Waals surface area contributed by atoms with Crippen molar-refractivity contribution < 1.29 is 9.53 Å². The van der Waals surface area contributed by atoms with Crippen LogP contribution in [0.25, 0.3) is 0 Å². The standard InChI is InChI=1S/C22H20N2O2/c1-26-19-8-6-18(7-9-19)22(25)24-15-12-16-4-2-3-5-20(16)21(24)17-10-13-23-14-11-17/h2-11,13-14,21H,12,15H2,1H3. The Hall–Kier alpha value is -3.14. The summed E-state index contributed by atoms with van der Waals surface area (Å²) in [5.74, 6) is 0.778. The molecule has 1 aromatic heterocycles. The number of amides is 1. The van der Waals surface area contributed by atoms with Gasteiger partial charge in [0.25, 0.3) is 5.91 Å². The first-order chi connectivity index (χ1) is 12.8. The minimum atomic E-state index is -0.0995. The molecule has 4 rings (SSSR count). The second kappa shape index (κ2) is 7.00. The van der Waals surface area contributed by atoms with Crippen LogP contribution in [0.2, 0.25) is 0 Å². The van der Waals surface area contributed by atoms with Crippen molar-refractivity contribution in [1.29, 1.82) is 0 Å². The third kappa shape index (κ3) is 2.94. The van der Waals surface area contributed by atoms with Crippen molar-refractivity contribution in [3.05, 3.63) is 95.3 Å². The predicted molar refractivity (Wildman–Crippen MR) is 100 cm³/mol. The Morgan fingerprint density at radius 3 is 2.50 bits per heavy atom. The fourth-order valence-corrected chi connectivity index (χ4v) is 3.59. The van der Waals surface area contributed by atoms with E-state index in [9.17, 15) is 4.79 Å². The molecule has 1 atom stereocenters. The lowest BCUT2D eigenvalue weighted by molar-refractivity contribution is 0.0694. The summed E-state index contributed by atoms with van der Waals surface area (Å²) in [6, 6.07) is 19.5. The summed E-state index contributed by atoms with van der Waals surface area (Å²) >= 11 is 0. The lowest BCUT2D eigenvalue weighted by atomic mass is 9.88. The SMILES string of the molecule is COc1ccc(C(=O)N2CCc3ccccc3C2c2ccncc2)cc1. The largest absolute Gasteiger partial charge is 0.497 e. The monoisotopic (exact) mass is 344 g/mol. The Kier molecular flexibility index (Phi) is 4.40. The van der Waals surface area contributed by atoms with Gasteiger partial charge in [0, 0.05) is 24.5 Å². The highest BCUT2D eigenvalue weighted by Crippen LogP contribution is 2.35. The van der Waals surface area contributed by atoms with Gasteiger partial charge in [0.1, 0.15) is 5.75 Å². The van der Waals surface area contributed by atoms with E-state index in [4.69, 9.17) is 4.74 Å². The lowest BCUT2D eigenvalue weighted by Crippen LogP contribution is -2.40. The molecule has 130 valence electrons. The van der Waals surface area contributed by atoms with Gasteiger partial charge in [-0.05, 0) is 59.5 Å². The second-order valence-electron chi connectivity index (χ2n) is 6.36. The van der Waals surface area contributed by atoms with Crippen molar-refractivity contribution in [3.63, 3.8) is 0 Å². The summed E-state index contributed by atoms with van der Waals surface area (Å²) in [4.78, 5) is 19.3. The van der Waals surface area contributed by atoms with Crippen molar-refractivity contribution in [2.24, 2.45) is 0 Å². The summed E-state index contributed by atoms with van der Waals surface area (Å²) in [6.07, 6.45) is 4.42. The van der Waals surface area contributed by atoms with E-state index in [1.54, 1.807) is 19.5 Å². The zero-order chi connectivity index (χ0) is 17.9. The third-order valence-electron chi connectivity index (χ3n) is 4.90. The van der Waals surface area contributed by atoms with Crippen molar-refractivity contribution in [2.75, 3.05) is 13.7 Å². The highest BCUT2D eigenvalue weighted by atomic mass is 16.5. The quantitative estimate of drug-likeness (QED) is 0.724. The number of carbonyl (C=O) groups excluding carboxylic acids is 1. The van der Waals surface area contributed by atoms with Gasteiger partial charge in [0.2, 0.25) is 0 Å². The molecule has 0 fully saturated rings. The van der Waals surface area contributed by atoms with Gasteiger partial charge in [0.15, 0.2) is 0 Å². The summed E-state index contributed by atoms with van der Waals surface area (Å²) in [5, 5.41) is 0. The average Bonchev–Trinajstić information content (AvgIpc) is 2.73. The molecule has 4 heteroatoms. The highest BCUT2D eigenvalue weighted by molar-refractivity contribution is 5.95. The molecule has 3 aromatic rings. The van der Waals surface area contributed by atoms with E-state index in [0.717, 1.165) is 17.7 Å². The molecular formula is C22H20N2O2. The molecule has 0 bridgehead atoms. The van der Waals surface area contributed by atoms with Crippen molar-refractivity contribution in [1.82, 2.24) is 9.88 Å². The normalized spacial score (nSPS) is 16.0. The van der Waals surface area contributed by atoms with Crippen LogP contribution in [-0.4, -0.2) is 29.4 Å². The molecule has 0 N–H and O–H groups in total. The molecule has 0 saturated heterocycles. The summed E-state index contributed by atoms with van der Waals surface area (Å²) in [5.41, 5.74) is 4.23. The molecule has 0 saturated carbocycles. The molecule has 2 aromatic carbocycles. The Labute approximate surface area is 153 Å². The van der Waals surface area contributed by atoms with Gasteiger partial charge in [-0.15, -0.1) is 0 Å². The lowest BCUT2D eigenvalue weighted by Gasteiger charge is -2.37. The first-order valence-corrected chi connectivity index (χ1v) is 8.70. The fraction of sp³-hybridized carbons (Fsp3) is 0.182. The van der Waals surface area contributed by atoms with E-state index in [1.807, 2.05) is 47.4 Å². The number of carbonyl (C=O) groups is 1. The van der Waals surface area contributed by atoms with E-state index in [2.05, 4.69) is 23.2 Å². The van der Waals surface area contributed by atoms with Crippen molar-refractivity contribution in [2.45, 2.75) is 12.5 Å². The Morgan fingerprint density at radius 2 is 1.77 bits per heavy atom. The van der Waals surface area contributed by atoms with Gasteiger partial charge in [0.05, 0.1) is 13.2 Å². The van der Waals surface area contributed by atoms with Gasteiger partial charge in [-0.25, -0.2) is 0 Å². The Morgan fingerprint density at radius 1 is 1.04 bits per heavy atom. The number of methoxy groups -OCH3 is 1. The first-order valence-electron chi connectivity index (χ1n) is 8.70. The molecule has 4 nitrogen and oxygen atoms in total. The molecule has 26 heavy (non-hydrogen) atoms. The molecule has 0 radical (unpaired) electrons. The fourth-order valence-electron chi connectivity index (χ4n) is 3.59. The molecule has 1 aliphatic heterocycles. The number of aromatic nitrogens is 1. The number of fused-ring (bicyclic) bond motifs is 1. The third-order valence-corrected chi connectivity index (χ3v) is 4.90. The Bertz CT molecular complexity index is 907. The number of pyridine rings is 1. The second-order valence-corrected chi connectivity index (χ2v) is 6.36. The number of hydrogen-bond donors (Lipinski definition) is 0. The Balaban J connectivity index is 1.75. The number of benzene rings is 2. The van der Waals surface area contributed by atoms with Crippen LogP contribution in [-0.2, 0) is 6.42 Å². The van der Waals surface area contributed by atoms with Crippen molar-refractivity contribution in [3.8, 4) is 5.75 Å². The van der Waals surface area contributed by atoms with E-state index < -0.39 is 0 Å². The number of ether oxygens (including phenoxy) is 1. The van der Waals surface area contributed by atoms with Crippen LogP contribution in [0, 0.1) is 0 Å². The minimum Gasteiger partial charge on any atom is -0.497 e. The molecule has 1 aliphatic rings. The molecule has 1 unspecified atom stereocenters. The van der Waals surface area contributed by atoms with E-state index >= 15 is 0 Å². The van der Waals surface area contributed by atoms with Crippen LogP contribution in [0.4, 0.5) is 0 Å². The van der Waals surface area contributed by atoms with Crippen molar-refractivity contribution >= 4 is 5.91 Å². The topological polar surface area (TPSA) is 42.4 Å². The zero-order valence-electron chi connectivity index (χ0n) is 14.6. The number of hydrogen-bond acceptors (Lipinski definition) is 3. The van der Waals surface area contributed by atoms with E-state index in [-0.39, 0.29) is 11.9 Å². The molecule has 0 spiro atoms. The summed E-state index contributed by atoms with van der Waals surface area (Å²) < 4.78 is 5.20. The highest BCUT2D eigenvalue weighted by Gasteiger charge is 2.32. The zero-order valence-corrected chi connectivity index (χ0v) is 14.6. The summed E-state index contributed by atoms with van der Waals surface area (Å²) in [6.45, 7) is 0.689. The van der Waals surface area contributed by atoms with Gasteiger partial charge >= 0.3 is 0 Å². The van der Waals surface area contributed by atoms with Gasteiger partial charge < -0.3 is 9.64 Å². The van der Waals surface area contributed by atoms with Crippen LogP contribution < -0.4 is 4.74 Å². The summed E-state index contributed by atoms with van der Waals surface area (Å²) in [7, 11) is 1.62. The number of rotatable bonds is 3. The van der Waals surface area contributed by atoms with Crippen LogP contribution >= 0.6 is 0 Å². The van der Waals surface area contributed by atoms with Crippen LogP contribution in [0.5, 0.6) is 5.75 Å².